The maximum atomic E-state index is 10.7. The van der Waals surface area contributed by atoms with E-state index in [0.29, 0.717) is 6.54 Å². The van der Waals surface area contributed by atoms with E-state index in [0.717, 1.165) is 36.4 Å². The van der Waals surface area contributed by atoms with Crippen LogP contribution in [0.3, 0.4) is 0 Å². The number of aliphatic imine (C=N–C) groups is 1. The summed E-state index contributed by atoms with van der Waals surface area (Å²) in [5.41, 5.74) is 3.43. The van der Waals surface area contributed by atoms with Crippen molar-refractivity contribution in [2.75, 3.05) is 27.3 Å². The Bertz CT molecular complexity index is 834. The lowest BCUT2D eigenvalue weighted by atomic mass is 9.92. The van der Waals surface area contributed by atoms with Crippen molar-refractivity contribution in [1.82, 2.24) is 5.32 Å². The van der Waals surface area contributed by atoms with Gasteiger partial charge in [0.05, 0.1) is 19.1 Å². The van der Waals surface area contributed by atoms with Crippen molar-refractivity contribution in [2.24, 2.45) is 4.99 Å². The van der Waals surface area contributed by atoms with Gasteiger partial charge in [-0.15, -0.1) is 0 Å². The molecule has 0 unspecified atom stereocenters. The summed E-state index contributed by atoms with van der Waals surface area (Å²) in [6.45, 7) is 1.57. The molecule has 1 aliphatic heterocycles. The number of ether oxygens (including phenoxy) is 2. The molecule has 0 bridgehead atoms. The minimum absolute atomic E-state index is 0.0829. The van der Waals surface area contributed by atoms with Crippen molar-refractivity contribution in [3.05, 3.63) is 63.2 Å². The highest BCUT2D eigenvalue weighted by Gasteiger charge is 2.22. The molecule has 0 amide bonds. The van der Waals surface area contributed by atoms with Crippen LogP contribution in [-0.2, 0) is 6.42 Å². The Labute approximate surface area is 158 Å². The van der Waals surface area contributed by atoms with Gasteiger partial charge < -0.3 is 14.8 Å². The van der Waals surface area contributed by atoms with Gasteiger partial charge in [-0.25, -0.2) is 0 Å². The summed E-state index contributed by atoms with van der Waals surface area (Å²) in [5.74, 6) is 1.49. The van der Waals surface area contributed by atoms with Gasteiger partial charge in [0.2, 0.25) is 0 Å². The fourth-order valence-electron chi connectivity index (χ4n) is 3.28. The predicted molar refractivity (Wildman–Crippen MR) is 104 cm³/mol. The van der Waals surface area contributed by atoms with Gasteiger partial charge in [0.25, 0.3) is 5.69 Å². The van der Waals surface area contributed by atoms with E-state index in [9.17, 15) is 10.1 Å². The summed E-state index contributed by atoms with van der Waals surface area (Å²) in [7, 11) is 3.29. The molecule has 7 nitrogen and oxygen atoms in total. The average Bonchev–Trinajstić information content (AvgIpc) is 2.70. The first-order valence-corrected chi connectivity index (χ1v) is 8.85. The Balaban J connectivity index is 1.65. The normalized spacial score (nSPS) is 16.1. The third kappa shape index (κ3) is 4.43. The van der Waals surface area contributed by atoms with Gasteiger partial charge in [0, 0.05) is 30.9 Å². The third-order valence-corrected chi connectivity index (χ3v) is 4.70. The quantitative estimate of drug-likeness (QED) is 0.460. The second kappa shape index (κ2) is 8.64. The standard InChI is InChI=1S/C20H23N3O4/c1-26-19-11-15-7-10-22-18(17(15)12-20(19)27-2)8-9-21-13-14-3-5-16(6-4-14)23(24)25/h3-6,11-13,18,22H,7-10H2,1-2H3/t18-/m1/s1. The lowest BCUT2D eigenvalue weighted by Crippen LogP contribution is -2.30. The monoisotopic (exact) mass is 369 g/mol. The van der Waals surface area contributed by atoms with Gasteiger partial charge in [-0.3, -0.25) is 15.1 Å². The second-order valence-corrected chi connectivity index (χ2v) is 6.34. The Hall–Kier alpha value is -2.93. The van der Waals surface area contributed by atoms with E-state index in [2.05, 4.69) is 16.4 Å². The first-order chi connectivity index (χ1) is 13.1. The van der Waals surface area contributed by atoms with Gasteiger partial charge in [0.15, 0.2) is 11.5 Å². The zero-order chi connectivity index (χ0) is 19.2. The number of benzene rings is 2. The minimum atomic E-state index is -0.406. The first kappa shape index (κ1) is 18.8. The fraction of sp³-hybridized carbons (Fsp3) is 0.350. The van der Waals surface area contributed by atoms with Crippen LogP contribution in [0.15, 0.2) is 41.4 Å². The lowest BCUT2D eigenvalue weighted by Gasteiger charge is -2.27. The lowest BCUT2D eigenvalue weighted by molar-refractivity contribution is -0.384. The zero-order valence-electron chi connectivity index (χ0n) is 15.5. The van der Waals surface area contributed by atoms with Gasteiger partial charge in [-0.2, -0.15) is 0 Å². The SMILES string of the molecule is COc1cc2c(cc1OC)[C@@H](CCN=Cc1ccc([N+](=O)[O-])cc1)NCC2. The highest BCUT2D eigenvalue weighted by Crippen LogP contribution is 2.36. The van der Waals surface area contributed by atoms with E-state index >= 15 is 0 Å². The molecule has 1 aliphatic rings. The molecule has 0 spiro atoms. The molecule has 0 radical (unpaired) electrons. The molecule has 0 saturated heterocycles. The highest BCUT2D eigenvalue weighted by atomic mass is 16.6. The van der Waals surface area contributed by atoms with Gasteiger partial charge in [-0.1, -0.05) is 0 Å². The number of non-ortho nitro benzene ring substituents is 1. The van der Waals surface area contributed by atoms with Crippen LogP contribution in [0.2, 0.25) is 0 Å². The van der Waals surface area contributed by atoms with Crippen LogP contribution in [0.1, 0.15) is 29.2 Å². The van der Waals surface area contributed by atoms with E-state index in [4.69, 9.17) is 9.47 Å². The summed E-state index contributed by atoms with van der Waals surface area (Å²) >= 11 is 0. The number of methoxy groups -OCH3 is 2. The van der Waals surface area contributed by atoms with Crippen LogP contribution in [-0.4, -0.2) is 38.4 Å². The number of fused-ring (bicyclic) bond motifs is 1. The molecule has 0 aromatic heterocycles. The molecule has 142 valence electrons. The third-order valence-electron chi connectivity index (χ3n) is 4.70. The maximum absolute atomic E-state index is 10.7. The molecule has 1 heterocycles. The van der Waals surface area contributed by atoms with Crippen molar-refractivity contribution < 1.29 is 14.4 Å². The Kier molecular flexibility index (Phi) is 6.03. The number of nitrogens with one attached hydrogen (secondary N) is 1. The molecular formula is C20H23N3O4. The van der Waals surface area contributed by atoms with Gasteiger partial charge in [0.1, 0.15) is 0 Å². The number of nitro groups is 1. The van der Waals surface area contributed by atoms with Crippen LogP contribution < -0.4 is 14.8 Å². The summed E-state index contributed by atoms with van der Waals surface area (Å²) in [6.07, 6.45) is 3.56. The number of hydrogen-bond donors (Lipinski definition) is 1. The first-order valence-electron chi connectivity index (χ1n) is 8.85. The molecule has 1 N–H and O–H groups in total. The molecule has 2 aromatic rings. The van der Waals surface area contributed by atoms with E-state index in [-0.39, 0.29) is 11.7 Å². The topological polar surface area (TPSA) is 86.0 Å². The van der Waals surface area contributed by atoms with Crippen molar-refractivity contribution in [2.45, 2.75) is 18.9 Å². The summed E-state index contributed by atoms with van der Waals surface area (Å²) in [4.78, 5) is 14.7. The van der Waals surface area contributed by atoms with E-state index in [1.54, 1.807) is 32.6 Å². The molecule has 1 atom stereocenters. The van der Waals surface area contributed by atoms with Crippen molar-refractivity contribution in [1.29, 1.82) is 0 Å². The minimum Gasteiger partial charge on any atom is -0.493 e. The van der Waals surface area contributed by atoms with Gasteiger partial charge >= 0.3 is 0 Å². The number of hydrogen-bond acceptors (Lipinski definition) is 6. The molecule has 0 fully saturated rings. The second-order valence-electron chi connectivity index (χ2n) is 6.34. The highest BCUT2D eigenvalue weighted by molar-refractivity contribution is 5.79. The summed E-state index contributed by atoms with van der Waals surface area (Å²) in [6, 6.07) is 10.7. The molecule has 0 saturated carbocycles. The Morgan fingerprint density at radius 3 is 2.59 bits per heavy atom. The van der Waals surface area contributed by atoms with Crippen LogP contribution in [0.5, 0.6) is 11.5 Å². The predicted octanol–water partition coefficient (Wildman–Crippen LogP) is 3.31. The number of nitro benzene ring substituents is 1. The van der Waals surface area contributed by atoms with E-state index < -0.39 is 4.92 Å². The number of rotatable bonds is 7. The van der Waals surface area contributed by atoms with Crippen LogP contribution in [0, 0.1) is 10.1 Å². The van der Waals surface area contributed by atoms with Crippen molar-refractivity contribution >= 4 is 11.9 Å². The number of nitrogens with zero attached hydrogens (tertiary/aromatic N) is 2. The summed E-state index contributed by atoms with van der Waals surface area (Å²) < 4.78 is 10.8. The Morgan fingerprint density at radius 2 is 1.93 bits per heavy atom. The van der Waals surface area contributed by atoms with Crippen LogP contribution in [0.25, 0.3) is 0 Å². The van der Waals surface area contributed by atoms with E-state index in [1.807, 2.05) is 6.07 Å². The smallest absolute Gasteiger partial charge is 0.269 e. The molecule has 7 heteroatoms. The maximum Gasteiger partial charge on any atom is 0.269 e. The van der Waals surface area contributed by atoms with Gasteiger partial charge in [-0.05, 0) is 60.3 Å². The molecular weight excluding hydrogens is 346 g/mol. The van der Waals surface area contributed by atoms with Crippen molar-refractivity contribution in [3.8, 4) is 11.5 Å². The largest absolute Gasteiger partial charge is 0.493 e. The fourth-order valence-corrected chi connectivity index (χ4v) is 3.28. The van der Waals surface area contributed by atoms with E-state index in [1.165, 1.54) is 23.3 Å². The molecule has 27 heavy (non-hydrogen) atoms. The Morgan fingerprint density at radius 1 is 1.22 bits per heavy atom. The van der Waals surface area contributed by atoms with Crippen LogP contribution in [0.4, 0.5) is 5.69 Å². The summed E-state index contributed by atoms with van der Waals surface area (Å²) in [5, 5.41) is 14.2. The zero-order valence-corrected chi connectivity index (χ0v) is 15.5. The van der Waals surface area contributed by atoms with Crippen LogP contribution >= 0.6 is 0 Å². The molecule has 2 aromatic carbocycles. The molecule has 0 aliphatic carbocycles. The average molecular weight is 369 g/mol. The molecule has 3 rings (SSSR count). The van der Waals surface area contributed by atoms with Crippen molar-refractivity contribution in [3.63, 3.8) is 0 Å².